The van der Waals surface area contributed by atoms with Crippen LogP contribution in [0.15, 0.2) is 30.8 Å². The summed E-state index contributed by atoms with van der Waals surface area (Å²) in [5.41, 5.74) is 2.13. The first kappa shape index (κ1) is 11.4. The van der Waals surface area contributed by atoms with Crippen LogP contribution in [-0.2, 0) is 4.74 Å². The van der Waals surface area contributed by atoms with Crippen LogP contribution in [0.1, 0.15) is 23.6 Å². The molecule has 0 aliphatic carbocycles. The highest BCUT2D eigenvalue weighted by Crippen LogP contribution is 2.27. The largest absolute Gasteiger partial charge is 0.381 e. The molecule has 2 nitrogen and oxygen atoms in total. The SMILES string of the molecule is C=Cc1cc(F)c2nc([C@H]3CCOC3)ccc2c1. The van der Waals surface area contributed by atoms with E-state index in [1.54, 1.807) is 6.08 Å². The number of benzene rings is 1. The van der Waals surface area contributed by atoms with Gasteiger partial charge in [-0.3, -0.25) is 0 Å². The van der Waals surface area contributed by atoms with Crippen molar-refractivity contribution in [2.75, 3.05) is 13.2 Å². The van der Waals surface area contributed by atoms with Gasteiger partial charge in [-0.1, -0.05) is 18.7 Å². The van der Waals surface area contributed by atoms with E-state index >= 15 is 0 Å². The van der Waals surface area contributed by atoms with Gasteiger partial charge < -0.3 is 4.74 Å². The number of pyridine rings is 1. The monoisotopic (exact) mass is 243 g/mol. The van der Waals surface area contributed by atoms with E-state index in [0.29, 0.717) is 18.0 Å². The summed E-state index contributed by atoms with van der Waals surface area (Å²) >= 11 is 0. The van der Waals surface area contributed by atoms with Crippen molar-refractivity contribution in [2.45, 2.75) is 12.3 Å². The maximum absolute atomic E-state index is 14.0. The first-order valence-electron chi connectivity index (χ1n) is 6.08. The highest BCUT2D eigenvalue weighted by Gasteiger charge is 2.19. The number of rotatable bonds is 2. The standard InChI is InChI=1S/C15H14FNO/c1-2-10-7-11-3-4-14(12-5-6-18-9-12)17-15(11)13(16)8-10/h2-4,7-8,12H,1,5-6,9H2/t12-/m0/s1. The molecule has 3 rings (SSSR count). The molecule has 2 aromatic rings. The minimum Gasteiger partial charge on any atom is -0.381 e. The molecule has 1 atom stereocenters. The molecule has 92 valence electrons. The van der Waals surface area contributed by atoms with Gasteiger partial charge in [0.1, 0.15) is 11.3 Å². The van der Waals surface area contributed by atoms with E-state index in [0.717, 1.165) is 29.7 Å². The zero-order valence-corrected chi connectivity index (χ0v) is 10.0. The third kappa shape index (κ3) is 1.91. The van der Waals surface area contributed by atoms with E-state index < -0.39 is 0 Å². The third-order valence-corrected chi connectivity index (χ3v) is 3.37. The molecule has 0 amide bonds. The molecule has 0 N–H and O–H groups in total. The molecule has 18 heavy (non-hydrogen) atoms. The maximum Gasteiger partial charge on any atom is 0.150 e. The van der Waals surface area contributed by atoms with E-state index in [-0.39, 0.29) is 5.82 Å². The molecule has 0 saturated carbocycles. The number of hydrogen-bond donors (Lipinski definition) is 0. The van der Waals surface area contributed by atoms with E-state index in [2.05, 4.69) is 11.6 Å². The molecular formula is C15H14FNO. The molecule has 0 unspecified atom stereocenters. The number of ether oxygens (including phenoxy) is 1. The Hall–Kier alpha value is -1.74. The summed E-state index contributed by atoms with van der Waals surface area (Å²) < 4.78 is 19.3. The number of fused-ring (bicyclic) bond motifs is 1. The fourth-order valence-corrected chi connectivity index (χ4v) is 2.34. The average Bonchev–Trinajstić information content (AvgIpc) is 2.92. The lowest BCUT2D eigenvalue weighted by Crippen LogP contribution is -2.01. The first-order chi connectivity index (χ1) is 8.78. The second-order valence-corrected chi connectivity index (χ2v) is 4.58. The highest BCUT2D eigenvalue weighted by molar-refractivity contribution is 5.82. The molecule has 0 spiro atoms. The second kappa shape index (κ2) is 4.50. The molecule has 1 aliphatic rings. The van der Waals surface area contributed by atoms with Crippen LogP contribution in [0.2, 0.25) is 0 Å². The van der Waals surface area contributed by atoms with Gasteiger partial charge in [-0.15, -0.1) is 0 Å². The Morgan fingerprint density at radius 2 is 2.28 bits per heavy atom. The fraction of sp³-hybridized carbons (Fsp3) is 0.267. The van der Waals surface area contributed by atoms with Crippen LogP contribution in [0, 0.1) is 5.82 Å². The van der Waals surface area contributed by atoms with E-state index in [1.807, 2.05) is 18.2 Å². The summed E-state index contributed by atoms with van der Waals surface area (Å²) in [6.07, 6.45) is 2.60. The normalized spacial score (nSPS) is 19.3. The Morgan fingerprint density at radius 1 is 1.39 bits per heavy atom. The Bertz CT molecular complexity index is 603. The van der Waals surface area contributed by atoms with Gasteiger partial charge in [0.2, 0.25) is 0 Å². The van der Waals surface area contributed by atoms with Crippen LogP contribution in [0.5, 0.6) is 0 Å². The van der Waals surface area contributed by atoms with Crippen molar-refractivity contribution in [1.82, 2.24) is 4.98 Å². The van der Waals surface area contributed by atoms with Gasteiger partial charge in [0, 0.05) is 23.6 Å². The molecule has 1 aromatic heterocycles. The molecule has 1 aliphatic heterocycles. The molecule has 1 fully saturated rings. The van der Waals surface area contributed by atoms with E-state index in [1.165, 1.54) is 6.07 Å². The number of aromatic nitrogens is 1. The van der Waals surface area contributed by atoms with Crippen LogP contribution in [0.4, 0.5) is 4.39 Å². The number of hydrogen-bond acceptors (Lipinski definition) is 2. The average molecular weight is 243 g/mol. The fourth-order valence-electron chi connectivity index (χ4n) is 2.34. The summed E-state index contributed by atoms with van der Waals surface area (Å²) in [6.45, 7) is 5.11. The van der Waals surface area contributed by atoms with Gasteiger partial charge in [-0.25, -0.2) is 9.37 Å². The van der Waals surface area contributed by atoms with Gasteiger partial charge in [0.15, 0.2) is 0 Å². The smallest absolute Gasteiger partial charge is 0.150 e. The minimum atomic E-state index is -0.289. The maximum atomic E-state index is 14.0. The van der Waals surface area contributed by atoms with Crippen LogP contribution in [-0.4, -0.2) is 18.2 Å². The van der Waals surface area contributed by atoms with Crippen molar-refractivity contribution in [3.8, 4) is 0 Å². The first-order valence-corrected chi connectivity index (χ1v) is 6.08. The Kier molecular flexibility index (Phi) is 2.84. The summed E-state index contributed by atoms with van der Waals surface area (Å²) in [6, 6.07) is 7.25. The molecule has 1 aromatic carbocycles. The molecule has 2 heterocycles. The van der Waals surface area contributed by atoms with Crippen molar-refractivity contribution in [2.24, 2.45) is 0 Å². The van der Waals surface area contributed by atoms with Crippen molar-refractivity contribution >= 4 is 17.0 Å². The summed E-state index contributed by atoms with van der Waals surface area (Å²) in [5.74, 6) is 0.0102. The Morgan fingerprint density at radius 3 is 3.00 bits per heavy atom. The lowest BCUT2D eigenvalue weighted by molar-refractivity contribution is 0.193. The van der Waals surface area contributed by atoms with Gasteiger partial charge in [-0.05, 0) is 30.2 Å². The van der Waals surface area contributed by atoms with Crippen LogP contribution < -0.4 is 0 Å². The Labute approximate surface area is 105 Å². The summed E-state index contributed by atoms with van der Waals surface area (Å²) in [7, 11) is 0. The molecule has 0 bridgehead atoms. The van der Waals surface area contributed by atoms with Crippen LogP contribution >= 0.6 is 0 Å². The summed E-state index contributed by atoms with van der Waals surface area (Å²) in [4.78, 5) is 4.44. The lowest BCUT2D eigenvalue weighted by atomic mass is 10.0. The number of nitrogens with zero attached hydrogens (tertiary/aromatic N) is 1. The van der Waals surface area contributed by atoms with Crippen LogP contribution in [0.3, 0.4) is 0 Å². The highest BCUT2D eigenvalue weighted by atomic mass is 19.1. The van der Waals surface area contributed by atoms with Crippen molar-refractivity contribution in [3.63, 3.8) is 0 Å². The molecule has 0 radical (unpaired) electrons. The predicted octanol–water partition coefficient (Wildman–Crippen LogP) is 3.52. The van der Waals surface area contributed by atoms with Gasteiger partial charge in [0.05, 0.1) is 6.61 Å². The third-order valence-electron chi connectivity index (χ3n) is 3.37. The van der Waals surface area contributed by atoms with E-state index in [9.17, 15) is 4.39 Å². The minimum absolute atomic E-state index is 0.289. The van der Waals surface area contributed by atoms with Gasteiger partial charge in [-0.2, -0.15) is 0 Å². The molecular weight excluding hydrogens is 229 g/mol. The number of halogens is 1. The zero-order chi connectivity index (χ0) is 12.5. The Balaban J connectivity index is 2.11. The van der Waals surface area contributed by atoms with Crippen LogP contribution in [0.25, 0.3) is 17.0 Å². The quantitative estimate of drug-likeness (QED) is 0.805. The molecule has 3 heteroatoms. The van der Waals surface area contributed by atoms with Gasteiger partial charge >= 0.3 is 0 Å². The zero-order valence-electron chi connectivity index (χ0n) is 10.0. The second-order valence-electron chi connectivity index (χ2n) is 4.58. The lowest BCUT2D eigenvalue weighted by Gasteiger charge is -2.09. The van der Waals surface area contributed by atoms with E-state index in [4.69, 9.17) is 4.74 Å². The predicted molar refractivity (Wildman–Crippen MR) is 70.0 cm³/mol. The molecule has 1 saturated heterocycles. The van der Waals surface area contributed by atoms with Crippen molar-refractivity contribution < 1.29 is 9.13 Å². The topological polar surface area (TPSA) is 22.1 Å². The van der Waals surface area contributed by atoms with Gasteiger partial charge in [0.25, 0.3) is 0 Å². The van der Waals surface area contributed by atoms with Crippen molar-refractivity contribution in [3.05, 3.63) is 47.9 Å². The summed E-state index contributed by atoms with van der Waals surface area (Å²) in [5, 5.41) is 0.813. The van der Waals surface area contributed by atoms with Crippen molar-refractivity contribution in [1.29, 1.82) is 0 Å².